The molecule has 1 aromatic rings. The average molecular weight is 291 g/mol. The van der Waals surface area contributed by atoms with Crippen LogP contribution in [-0.2, 0) is 4.79 Å². The van der Waals surface area contributed by atoms with E-state index in [0.29, 0.717) is 12.1 Å². The summed E-state index contributed by atoms with van der Waals surface area (Å²) >= 11 is 0. The van der Waals surface area contributed by atoms with E-state index in [1.807, 2.05) is 12.1 Å². The fraction of sp³-hybridized carbons (Fsp3) is 0.588. The highest BCUT2D eigenvalue weighted by Gasteiger charge is 2.29. The molecule has 116 valence electrons. The number of likely N-dealkylation sites (tertiary alicyclic amines) is 1. The first-order valence-electron chi connectivity index (χ1n) is 7.88. The predicted molar refractivity (Wildman–Crippen MR) is 82.4 cm³/mol. The molecule has 2 unspecified atom stereocenters. The van der Waals surface area contributed by atoms with Crippen molar-refractivity contribution >= 4 is 5.97 Å². The second-order valence-electron chi connectivity index (χ2n) is 5.84. The summed E-state index contributed by atoms with van der Waals surface area (Å²) in [5.74, 6) is -0.423. The standard InChI is InChI=1S/C17H25NO3/c1-2-16(13-6-9-15(19)10-7-13)18-12-4-3-5-14(18)8-11-17(20)21/h6-7,9-10,14,16,19H,2-5,8,11-12H2,1H3,(H,20,21). The van der Waals surface area contributed by atoms with Gasteiger partial charge in [-0.2, -0.15) is 0 Å². The fourth-order valence-electron chi connectivity index (χ4n) is 3.39. The molecule has 21 heavy (non-hydrogen) atoms. The van der Waals surface area contributed by atoms with Crippen molar-refractivity contribution in [3.8, 4) is 5.75 Å². The largest absolute Gasteiger partial charge is 0.508 e. The minimum Gasteiger partial charge on any atom is -0.508 e. The summed E-state index contributed by atoms with van der Waals surface area (Å²) in [6.07, 6.45) is 5.41. The first-order chi connectivity index (χ1) is 10.1. The smallest absolute Gasteiger partial charge is 0.303 e. The summed E-state index contributed by atoms with van der Waals surface area (Å²) in [6, 6.07) is 8.08. The molecule has 1 heterocycles. The minimum absolute atomic E-state index is 0.243. The highest BCUT2D eigenvalue weighted by atomic mass is 16.4. The van der Waals surface area contributed by atoms with Gasteiger partial charge in [-0.25, -0.2) is 0 Å². The quantitative estimate of drug-likeness (QED) is 0.841. The van der Waals surface area contributed by atoms with Crippen molar-refractivity contribution in [3.63, 3.8) is 0 Å². The Balaban J connectivity index is 2.12. The van der Waals surface area contributed by atoms with E-state index in [0.717, 1.165) is 25.8 Å². The van der Waals surface area contributed by atoms with Crippen molar-refractivity contribution in [2.45, 2.75) is 57.5 Å². The summed E-state index contributed by atoms with van der Waals surface area (Å²) in [7, 11) is 0. The minimum atomic E-state index is -0.710. The van der Waals surface area contributed by atoms with Gasteiger partial charge in [-0.05, 0) is 49.9 Å². The summed E-state index contributed by atoms with van der Waals surface area (Å²) in [4.78, 5) is 13.3. The molecule has 1 aliphatic rings. The Bertz CT molecular complexity index is 458. The monoisotopic (exact) mass is 291 g/mol. The maximum Gasteiger partial charge on any atom is 0.303 e. The van der Waals surface area contributed by atoms with Crippen LogP contribution in [0.15, 0.2) is 24.3 Å². The van der Waals surface area contributed by atoms with Gasteiger partial charge in [0.1, 0.15) is 5.75 Å². The Morgan fingerprint density at radius 3 is 2.67 bits per heavy atom. The van der Waals surface area contributed by atoms with E-state index in [2.05, 4.69) is 11.8 Å². The number of aliphatic carboxylic acids is 1. The van der Waals surface area contributed by atoms with Crippen molar-refractivity contribution < 1.29 is 15.0 Å². The van der Waals surface area contributed by atoms with Gasteiger partial charge in [0.25, 0.3) is 0 Å². The highest BCUT2D eigenvalue weighted by Crippen LogP contribution is 2.33. The first-order valence-corrected chi connectivity index (χ1v) is 7.88. The summed E-state index contributed by atoms with van der Waals surface area (Å²) in [5.41, 5.74) is 1.21. The molecule has 1 aliphatic heterocycles. The van der Waals surface area contributed by atoms with Gasteiger partial charge in [0.2, 0.25) is 0 Å². The molecule has 0 saturated carbocycles. The number of carboxylic acids is 1. The van der Waals surface area contributed by atoms with Gasteiger partial charge in [-0.15, -0.1) is 0 Å². The molecule has 0 spiro atoms. The van der Waals surface area contributed by atoms with Gasteiger partial charge < -0.3 is 10.2 Å². The first kappa shape index (κ1) is 15.8. The average Bonchev–Trinajstić information content (AvgIpc) is 2.49. The molecule has 2 rings (SSSR count). The van der Waals surface area contributed by atoms with Gasteiger partial charge in [0.15, 0.2) is 0 Å². The lowest BCUT2D eigenvalue weighted by atomic mass is 9.92. The molecule has 0 aliphatic carbocycles. The van der Waals surface area contributed by atoms with Crippen LogP contribution >= 0.6 is 0 Å². The summed E-state index contributed by atoms with van der Waals surface area (Å²) in [5, 5.41) is 18.4. The maximum absolute atomic E-state index is 10.8. The Hall–Kier alpha value is -1.55. The van der Waals surface area contributed by atoms with E-state index >= 15 is 0 Å². The Kier molecular flexibility index (Phi) is 5.62. The third-order valence-corrected chi connectivity index (χ3v) is 4.43. The number of carbonyl (C=O) groups is 1. The predicted octanol–water partition coefficient (Wildman–Crippen LogP) is 3.56. The van der Waals surface area contributed by atoms with Crippen molar-refractivity contribution in [1.82, 2.24) is 4.90 Å². The molecular formula is C17H25NO3. The van der Waals surface area contributed by atoms with Gasteiger partial charge in [0.05, 0.1) is 0 Å². The van der Waals surface area contributed by atoms with E-state index in [1.54, 1.807) is 12.1 Å². The topological polar surface area (TPSA) is 60.8 Å². The molecule has 2 atom stereocenters. The number of aromatic hydroxyl groups is 1. The van der Waals surface area contributed by atoms with Gasteiger partial charge in [-0.3, -0.25) is 9.69 Å². The number of rotatable bonds is 6. The number of hydrogen-bond donors (Lipinski definition) is 2. The van der Waals surface area contributed by atoms with Crippen LogP contribution in [0.1, 0.15) is 57.1 Å². The Labute approximate surface area is 126 Å². The Morgan fingerprint density at radius 2 is 2.05 bits per heavy atom. The van der Waals surface area contributed by atoms with Crippen LogP contribution in [0.2, 0.25) is 0 Å². The van der Waals surface area contributed by atoms with Crippen molar-refractivity contribution in [2.75, 3.05) is 6.54 Å². The Morgan fingerprint density at radius 1 is 1.33 bits per heavy atom. The van der Waals surface area contributed by atoms with Crippen LogP contribution in [0.3, 0.4) is 0 Å². The molecule has 0 bridgehead atoms. The van der Waals surface area contributed by atoms with Crippen molar-refractivity contribution in [3.05, 3.63) is 29.8 Å². The van der Waals surface area contributed by atoms with Gasteiger partial charge in [0, 0.05) is 18.5 Å². The normalized spacial score (nSPS) is 21.1. The lowest BCUT2D eigenvalue weighted by Crippen LogP contribution is -2.42. The zero-order chi connectivity index (χ0) is 15.2. The maximum atomic E-state index is 10.8. The second kappa shape index (κ2) is 7.46. The summed E-state index contributed by atoms with van der Waals surface area (Å²) < 4.78 is 0. The number of phenols is 1. The molecule has 4 heteroatoms. The number of phenolic OH excluding ortho intramolecular Hbond substituents is 1. The number of nitrogens with zero attached hydrogens (tertiary/aromatic N) is 1. The van der Waals surface area contributed by atoms with Gasteiger partial charge in [-0.1, -0.05) is 25.5 Å². The number of hydrogen-bond acceptors (Lipinski definition) is 3. The molecule has 1 fully saturated rings. The zero-order valence-corrected chi connectivity index (χ0v) is 12.7. The van der Waals surface area contributed by atoms with Gasteiger partial charge >= 0.3 is 5.97 Å². The van der Waals surface area contributed by atoms with Crippen LogP contribution in [0.25, 0.3) is 0 Å². The van der Waals surface area contributed by atoms with E-state index in [9.17, 15) is 9.90 Å². The molecular weight excluding hydrogens is 266 g/mol. The zero-order valence-electron chi connectivity index (χ0n) is 12.7. The number of carboxylic acid groups (broad SMARTS) is 1. The third kappa shape index (κ3) is 4.21. The molecule has 1 saturated heterocycles. The molecule has 0 aromatic heterocycles. The molecule has 0 amide bonds. The number of piperidine rings is 1. The SMILES string of the molecule is CCC(c1ccc(O)cc1)N1CCCCC1CCC(=O)O. The van der Waals surface area contributed by atoms with E-state index in [1.165, 1.54) is 18.4 Å². The lowest BCUT2D eigenvalue weighted by molar-refractivity contribution is -0.137. The fourth-order valence-corrected chi connectivity index (χ4v) is 3.39. The second-order valence-corrected chi connectivity index (χ2v) is 5.84. The van der Waals surface area contributed by atoms with E-state index in [-0.39, 0.29) is 12.2 Å². The van der Waals surface area contributed by atoms with Crippen LogP contribution in [0, 0.1) is 0 Å². The van der Waals surface area contributed by atoms with Crippen LogP contribution < -0.4 is 0 Å². The van der Waals surface area contributed by atoms with Crippen molar-refractivity contribution in [1.29, 1.82) is 0 Å². The van der Waals surface area contributed by atoms with Crippen LogP contribution in [0.4, 0.5) is 0 Å². The third-order valence-electron chi connectivity index (χ3n) is 4.43. The summed E-state index contributed by atoms with van der Waals surface area (Å²) in [6.45, 7) is 3.20. The molecule has 1 aromatic carbocycles. The number of benzene rings is 1. The van der Waals surface area contributed by atoms with Crippen LogP contribution in [-0.4, -0.2) is 33.7 Å². The molecule has 4 nitrogen and oxygen atoms in total. The van der Waals surface area contributed by atoms with Crippen LogP contribution in [0.5, 0.6) is 5.75 Å². The van der Waals surface area contributed by atoms with Crippen molar-refractivity contribution in [2.24, 2.45) is 0 Å². The lowest BCUT2D eigenvalue weighted by Gasteiger charge is -2.41. The highest BCUT2D eigenvalue weighted by molar-refractivity contribution is 5.66. The molecule has 2 N–H and O–H groups in total. The van der Waals surface area contributed by atoms with E-state index < -0.39 is 5.97 Å². The van der Waals surface area contributed by atoms with E-state index in [4.69, 9.17) is 5.11 Å². The molecule has 0 radical (unpaired) electrons.